The largest absolute Gasteiger partial charge is 0.397 e. The van der Waals surface area contributed by atoms with Crippen LogP contribution in [0.5, 0.6) is 0 Å². The molecule has 2 aromatic carbocycles. The van der Waals surface area contributed by atoms with Crippen molar-refractivity contribution in [3.05, 3.63) is 52.3 Å². The van der Waals surface area contributed by atoms with E-state index in [1.165, 1.54) is 13.0 Å². The Morgan fingerprint density at radius 3 is 2.28 bits per heavy atom. The number of hydrogen-bond donors (Lipinski definition) is 1. The number of nitrogens with two attached hydrogens (primary N) is 1. The smallest absolute Gasteiger partial charge is 0.134 e. The first-order valence-electron chi connectivity index (χ1n) is 5.10. The minimum atomic E-state index is -0.813. The number of hydrogen-bond acceptors (Lipinski definition) is 1. The van der Waals surface area contributed by atoms with Gasteiger partial charge in [-0.1, -0.05) is 11.6 Å². The van der Waals surface area contributed by atoms with Crippen molar-refractivity contribution in [3.8, 4) is 11.1 Å². The average Bonchev–Trinajstić information content (AvgIpc) is 2.29. The van der Waals surface area contributed by atoms with Gasteiger partial charge in [0.05, 0.1) is 10.7 Å². The average molecular weight is 272 g/mol. The molecular formula is C13H9ClF3N. The van der Waals surface area contributed by atoms with Gasteiger partial charge in [-0.25, -0.2) is 13.2 Å². The van der Waals surface area contributed by atoms with Crippen LogP contribution < -0.4 is 5.73 Å². The van der Waals surface area contributed by atoms with E-state index < -0.39 is 17.5 Å². The molecule has 0 aliphatic heterocycles. The lowest BCUT2D eigenvalue weighted by molar-refractivity contribution is 0.579. The standard InChI is InChI=1S/C13H9ClF3N/c1-6-2-8(12(17)5-11(6)16)9-3-7(15)4-10(14)13(9)18/h2-5H,18H2,1H3. The molecule has 5 heteroatoms. The summed E-state index contributed by atoms with van der Waals surface area (Å²) >= 11 is 5.73. The van der Waals surface area contributed by atoms with Crippen LogP contribution in [-0.2, 0) is 0 Å². The summed E-state index contributed by atoms with van der Waals surface area (Å²) in [5.74, 6) is -2.12. The quantitative estimate of drug-likeness (QED) is 0.768. The third-order valence-electron chi connectivity index (χ3n) is 2.63. The summed E-state index contributed by atoms with van der Waals surface area (Å²) in [5.41, 5.74) is 6.11. The number of anilines is 1. The summed E-state index contributed by atoms with van der Waals surface area (Å²) in [6.07, 6.45) is 0. The SMILES string of the molecule is Cc1cc(-c2cc(F)cc(Cl)c2N)c(F)cc1F. The highest BCUT2D eigenvalue weighted by atomic mass is 35.5. The molecule has 0 aliphatic rings. The summed E-state index contributed by atoms with van der Waals surface area (Å²) in [7, 11) is 0. The number of benzene rings is 2. The van der Waals surface area contributed by atoms with Crippen LogP contribution in [0.2, 0.25) is 5.02 Å². The Labute approximate surface area is 107 Å². The second-order valence-corrected chi connectivity index (χ2v) is 4.34. The summed E-state index contributed by atoms with van der Waals surface area (Å²) in [6.45, 7) is 1.48. The van der Waals surface area contributed by atoms with Crippen molar-refractivity contribution in [1.29, 1.82) is 0 Å². The second kappa shape index (κ2) is 4.53. The van der Waals surface area contributed by atoms with Gasteiger partial charge in [0.25, 0.3) is 0 Å². The zero-order valence-corrected chi connectivity index (χ0v) is 10.2. The van der Waals surface area contributed by atoms with Crippen molar-refractivity contribution in [2.75, 3.05) is 5.73 Å². The first kappa shape index (κ1) is 12.8. The summed E-state index contributed by atoms with van der Waals surface area (Å²) in [4.78, 5) is 0. The molecule has 2 aromatic rings. The van der Waals surface area contributed by atoms with Crippen LogP contribution in [0.1, 0.15) is 5.56 Å². The molecular weight excluding hydrogens is 263 g/mol. The maximum absolute atomic E-state index is 13.7. The van der Waals surface area contributed by atoms with Gasteiger partial charge in [0.15, 0.2) is 0 Å². The minimum absolute atomic E-state index is 0.00798. The molecule has 0 amide bonds. The van der Waals surface area contributed by atoms with E-state index in [2.05, 4.69) is 0 Å². The van der Waals surface area contributed by atoms with Gasteiger partial charge in [-0.15, -0.1) is 0 Å². The molecule has 0 fully saturated rings. The first-order valence-corrected chi connectivity index (χ1v) is 5.48. The molecule has 1 nitrogen and oxygen atoms in total. The number of rotatable bonds is 1. The van der Waals surface area contributed by atoms with E-state index in [1.807, 2.05) is 0 Å². The highest BCUT2D eigenvalue weighted by Crippen LogP contribution is 2.35. The van der Waals surface area contributed by atoms with E-state index in [0.717, 1.165) is 18.2 Å². The topological polar surface area (TPSA) is 26.0 Å². The Balaban J connectivity index is 2.73. The molecule has 0 saturated carbocycles. The van der Waals surface area contributed by atoms with Gasteiger partial charge >= 0.3 is 0 Å². The Morgan fingerprint density at radius 2 is 1.61 bits per heavy atom. The van der Waals surface area contributed by atoms with Gasteiger partial charge in [0.2, 0.25) is 0 Å². The number of halogens is 4. The molecule has 94 valence electrons. The van der Waals surface area contributed by atoms with Crippen molar-refractivity contribution in [1.82, 2.24) is 0 Å². The summed E-state index contributed by atoms with van der Waals surface area (Å²) in [5, 5.41) is -0.00798. The van der Waals surface area contributed by atoms with Crippen molar-refractivity contribution < 1.29 is 13.2 Å². The van der Waals surface area contributed by atoms with Crippen molar-refractivity contribution in [2.24, 2.45) is 0 Å². The summed E-state index contributed by atoms with van der Waals surface area (Å²) < 4.78 is 40.1. The predicted octanol–water partition coefficient (Wildman–Crippen LogP) is 4.31. The monoisotopic (exact) mass is 271 g/mol. The Kier molecular flexibility index (Phi) is 3.22. The van der Waals surface area contributed by atoms with Crippen LogP contribution >= 0.6 is 11.6 Å². The predicted molar refractivity (Wildman–Crippen MR) is 65.9 cm³/mol. The van der Waals surface area contributed by atoms with E-state index in [1.54, 1.807) is 0 Å². The van der Waals surface area contributed by atoms with E-state index >= 15 is 0 Å². The lowest BCUT2D eigenvalue weighted by atomic mass is 10.0. The van der Waals surface area contributed by atoms with Gasteiger partial charge in [-0.2, -0.15) is 0 Å². The lowest BCUT2D eigenvalue weighted by Crippen LogP contribution is -1.97. The van der Waals surface area contributed by atoms with E-state index in [0.29, 0.717) is 0 Å². The van der Waals surface area contributed by atoms with Crippen molar-refractivity contribution in [2.45, 2.75) is 6.92 Å². The lowest BCUT2D eigenvalue weighted by Gasteiger charge is -2.10. The van der Waals surface area contributed by atoms with Crippen LogP contribution in [-0.4, -0.2) is 0 Å². The van der Waals surface area contributed by atoms with Crippen LogP contribution in [0.25, 0.3) is 11.1 Å². The molecule has 18 heavy (non-hydrogen) atoms. The third-order valence-corrected chi connectivity index (χ3v) is 2.95. The molecule has 0 atom stereocenters. The van der Waals surface area contributed by atoms with Gasteiger partial charge in [0.1, 0.15) is 17.5 Å². The van der Waals surface area contributed by atoms with E-state index in [-0.39, 0.29) is 27.4 Å². The van der Waals surface area contributed by atoms with Crippen LogP contribution in [0.3, 0.4) is 0 Å². The highest BCUT2D eigenvalue weighted by Gasteiger charge is 2.14. The van der Waals surface area contributed by atoms with Crippen LogP contribution in [0.15, 0.2) is 24.3 Å². The van der Waals surface area contributed by atoms with Gasteiger partial charge < -0.3 is 5.73 Å². The molecule has 0 unspecified atom stereocenters. The maximum Gasteiger partial charge on any atom is 0.134 e. The molecule has 0 bridgehead atoms. The number of aryl methyl sites for hydroxylation is 1. The Morgan fingerprint density at radius 1 is 0.944 bits per heavy atom. The molecule has 0 saturated heterocycles. The molecule has 2 N–H and O–H groups in total. The normalized spacial score (nSPS) is 10.7. The molecule has 0 aliphatic carbocycles. The Hall–Kier alpha value is -1.68. The van der Waals surface area contributed by atoms with Crippen molar-refractivity contribution in [3.63, 3.8) is 0 Å². The second-order valence-electron chi connectivity index (χ2n) is 3.93. The van der Waals surface area contributed by atoms with E-state index in [4.69, 9.17) is 17.3 Å². The third kappa shape index (κ3) is 2.16. The first-order chi connectivity index (χ1) is 8.40. The van der Waals surface area contributed by atoms with Gasteiger partial charge in [-0.3, -0.25) is 0 Å². The zero-order valence-electron chi connectivity index (χ0n) is 9.40. The molecule has 0 aromatic heterocycles. The fourth-order valence-electron chi connectivity index (χ4n) is 1.67. The number of nitrogen functional groups attached to an aromatic ring is 1. The van der Waals surface area contributed by atoms with Crippen LogP contribution in [0, 0.1) is 24.4 Å². The highest BCUT2D eigenvalue weighted by molar-refractivity contribution is 6.33. The Bertz CT molecular complexity index is 626. The fourth-order valence-corrected chi connectivity index (χ4v) is 1.88. The molecule has 0 radical (unpaired) electrons. The minimum Gasteiger partial charge on any atom is -0.397 e. The molecule has 0 heterocycles. The van der Waals surface area contributed by atoms with Gasteiger partial charge in [-0.05, 0) is 30.7 Å². The van der Waals surface area contributed by atoms with Gasteiger partial charge in [0, 0.05) is 17.2 Å². The fraction of sp³-hybridized carbons (Fsp3) is 0.0769. The van der Waals surface area contributed by atoms with Crippen molar-refractivity contribution >= 4 is 17.3 Å². The summed E-state index contributed by atoms with van der Waals surface area (Å²) in [6, 6.07) is 4.11. The van der Waals surface area contributed by atoms with Crippen LogP contribution in [0.4, 0.5) is 18.9 Å². The maximum atomic E-state index is 13.7. The van der Waals surface area contributed by atoms with E-state index in [9.17, 15) is 13.2 Å². The zero-order chi connectivity index (χ0) is 13.4. The molecule has 0 spiro atoms. The molecule has 2 rings (SSSR count).